The van der Waals surface area contributed by atoms with Crippen LogP contribution < -0.4 is 5.73 Å². The van der Waals surface area contributed by atoms with Crippen LogP contribution in [0, 0.1) is 0 Å². The van der Waals surface area contributed by atoms with Crippen LogP contribution >= 0.6 is 0 Å². The molecule has 2 rings (SSSR count). The van der Waals surface area contributed by atoms with Gasteiger partial charge >= 0.3 is 0 Å². The molecule has 0 aliphatic heterocycles. The largest absolute Gasteiger partial charge is 0.394 e. The molecule has 5 heteroatoms. The van der Waals surface area contributed by atoms with Crippen LogP contribution in [-0.2, 0) is 5.41 Å². The van der Waals surface area contributed by atoms with Gasteiger partial charge in [0, 0.05) is 5.41 Å². The lowest BCUT2D eigenvalue weighted by Gasteiger charge is -2.00. The van der Waals surface area contributed by atoms with E-state index in [-0.39, 0.29) is 12.0 Å². The van der Waals surface area contributed by atoms with Gasteiger partial charge in [-0.05, 0) is 12.8 Å². The second kappa shape index (κ2) is 2.78. The second-order valence-electron chi connectivity index (χ2n) is 3.81. The van der Waals surface area contributed by atoms with Crippen molar-refractivity contribution >= 4 is 0 Å². The molecule has 1 aromatic heterocycles. The third-order valence-corrected chi connectivity index (χ3v) is 2.50. The number of nitrogens with zero attached hydrogens (tertiary/aromatic N) is 2. The molecule has 1 aliphatic carbocycles. The van der Waals surface area contributed by atoms with Gasteiger partial charge in [0.15, 0.2) is 5.82 Å². The van der Waals surface area contributed by atoms with Crippen LogP contribution in [-0.4, -0.2) is 21.9 Å². The van der Waals surface area contributed by atoms with E-state index < -0.39 is 6.04 Å². The van der Waals surface area contributed by atoms with Gasteiger partial charge in [-0.1, -0.05) is 12.1 Å². The van der Waals surface area contributed by atoms with Gasteiger partial charge in [-0.15, -0.1) is 0 Å². The van der Waals surface area contributed by atoms with Crippen molar-refractivity contribution in [3.05, 3.63) is 11.7 Å². The van der Waals surface area contributed by atoms with E-state index in [4.69, 9.17) is 15.4 Å². The molecule has 1 atom stereocenters. The Hall–Kier alpha value is -0.940. The summed E-state index contributed by atoms with van der Waals surface area (Å²) in [5, 5.41) is 12.6. The van der Waals surface area contributed by atoms with Crippen LogP contribution in [0.3, 0.4) is 0 Å². The van der Waals surface area contributed by atoms with Crippen molar-refractivity contribution in [2.75, 3.05) is 6.61 Å². The Labute approximate surface area is 75.9 Å². The van der Waals surface area contributed by atoms with Crippen LogP contribution in [0.15, 0.2) is 4.52 Å². The normalized spacial score (nSPS) is 21.5. The maximum Gasteiger partial charge on any atom is 0.245 e. The van der Waals surface area contributed by atoms with Gasteiger partial charge in [-0.25, -0.2) is 0 Å². The van der Waals surface area contributed by atoms with E-state index in [0.717, 1.165) is 12.8 Å². The lowest BCUT2D eigenvalue weighted by molar-refractivity contribution is 0.236. The lowest BCUT2D eigenvalue weighted by Crippen LogP contribution is -2.15. The van der Waals surface area contributed by atoms with E-state index in [1.807, 2.05) is 0 Å². The smallest absolute Gasteiger partial charge is 0.245 e. The van der Waals surface area contributed by atoms with E-state index in [0.29, 0.717) is 11.7 Å². The molecule has 1 aromatic rings. The molecule has 0 amide bonds. The van der Waals surface area contributed by atoms with E-state index in [2.05, 4.69) is 17.1 Å². The first-order valence-electron chi connectivity index (χ1n) is 4.36. The Balaban J connectivity index is 2.18. The first-order chi connectivity index (χ1) is 6.15. The summed E-state index contributed by atoms with van der Waals surface area (Å²) in [7, 11) is 0. The zero-order valence-electron chi connectivity index (χ0n) is 7.53. The molecular weight excluding hydrogens is 170 g/mol. The number of rotatable bonds is 3. The van der Waals surface area contributed by atoms with Crippen LogP contribution in [0.2, 0.25) is 0 Å². The Morgan fingerprint density at radius 1 is 1.69 bits per heavy atom. The number of aromatic nitrogens is 2. The standard InChI is InChI=1S/C8H13N3O2/c1-8(2-3-8)7-10-6(13-11-7)5(9)4-12/h5,12H,2-4,9H2,1H3/t5-/m1/s1. The Bertz CT molecular complexity index is 306. The molecule has 1 aliphatic rings. The number of aliphatic hydroxyl groups excluding tert-OH is 1. The minimum absolute atomic E-state index is 0.0942. The summed E-state index contributed by atoms with van der Waals surface area (Å²) in [5.74, 6) is 1.04. The highest BCUT2D eigenvalue weighted by atomic mass is 16.5. The highest BCUT2D eigenvalue weighted by Crippen LogP contribution is 2.46. The minimum Gasteiger partial charge on any atom is -0.394 e. The molecule has 13 heavy (non-hydrogen) atoms. The molecule has 0 saturated heterocycles. The third-order valence-electron chi connectivity index (χ3n) is 2.50. The average molecular weight is 183 g/mol. The summed E-state index contributed by atoms with van der Waals surface area (Å²) in [5.41, 5.74) is 5.62. The summed E-state index contributed by atoms with van der Waals surface area (Å²) in [6.45, 7) is 1.92. The van der Waals surface area contributed by atoms with Crippen LogP contribution in [0.4, 0.5) is 0 Å². The van der Waals surface area contributed by atoms with Crippen molar-refractivity contribution < 1.29 is 9.63 Å². The van der Waals surface area contributed by atoms with Gasteiger partial charge in [0.2, 0.25) is 5.89 Å². The van der Waals surface area contributed by atoms with Gasteiger partial charge < -0.3 is 15.4 Å². The number of nitrogens with two attached hydrogens (primary N) is 1. The van der Waals surface area contributed by atoms with Crippen molar-refractivity contribution in [2.24, 2.45) is 5.73 Å². The van der Waals surface area contributed by atoms with Gasteiger partial charge in [-0.3, -0.25) is 0 Å². The fourth-order valence-electron chi connectivity index (χ4n) is 1.12. The highest BCUT2D eigenvalue weighted by Gasteiger charge is 2.43. The summed E-state index contributed by atoms with van der Waals surface area (Å²) >= 11 is 0. The van der Waals surface area contributed by atoms with Crippen molar-refractivity contribution in [2.45, 2.75) is 31.2 Å². The van der Waals surface area contributed by atoms with Crippen LogP contribution in [0.1, 0.15) is 37.5 Å². The van der Waals surface area contributed by atoms with Gasteiger partial charge in [-0.2, -0.15) is 4.98 Å². The molecule has 1 heterocycles. The topological polar surface area (TPSA) is 85.2 Å². The Kier molecular flexibility index (Phi) is 1.85. The quantitative estimate of drug-likeness (QED) is 0.694. The van der Waals surface area contributed by atoms with Crippen molar-refractivity contribution in [3.8, 4) is 0 Å². The summed E-state index contributed by atoms with van der Waals surface area (Å²) in [4.78, 5) is 4.15. The zero-order valence-corrected chi connectivity index (χ0v) is 7.53. The van der Waals surface area contributed by atoms with Crippen LogP contribution in [0.25, 0.3) is 0 Å². The first-order valence-corrected chi connectivity index (χ1v) is 4.36. The number of aliphatic hydroxyl groups is 1. The molecule has 72 valence electrons. The van der Waals surface area contributed by atoms with Crippen molar-refractivity contribution in [3.63, 3.8) is 0 Å². The zero-order chi connectivity index (χ0) is 9.47. The molecule has 0 spiro atoms. The third kappa shape index (κ3) is 1.45. The summed E-state index contributed by atoms with van der Waals surface area (Å²) in [6.07, 6.45) is 2.20. The maximum atomic E-state index is 8.76. The SMILES string of the molecule is CC1(c2noc([C@H](N)CO)n2)CC1. The fourth-order valence-corrected chi connectivity index (χ4v) is 1.12. The van der Waals surface area contributed by atoms with E-state index in [1.165, 1.54) is 0 Å². The molecule has 1 saturated carbocycles. The molecular formula is C8H13N3O2. The molecule has 3 N–H and O–H groups in total. The summed E-state index contributed by atoms with van der Waals surface area (Å²) in [6, 6.07) is -0.552. The molecule has 0 aromatic carbocycles. The first kappa shape index (κ1) is 8.65. The van der Waals surface area contributed by atoms with E-state index >= 15 is 0 Å². The molecule has 0 unspecified atom stereocenters. The number of hydrogen-bond donors (Lipinski definition) is 2. The van der Waals surface area contributed by atoms with E-state index in [9.17, 15) is 0 Å². The monoisotopic (exact) mass is 183 g/mol. The van der Waals surface area contributed by atoms with Gasteiger partial charge in [0.25, 0.3) is 0 Å². The van der Waals surface area contributed by atoms with Gasteiger partial charge in [0.05, 0.1) is 6.61 Å². The predicted octanol–water partition coefficient (Wildman–Crippen LogP) is 0.113. The molecule has 5 nitrogen and oxygen atoms in total. The van der Waals surface area contributed by atoms with E-state index in [1.54, 1.807) is 0 Å². The molecule has 0 radical (unpaired) electrons. The van der Waals surface area contributed by atoms with Gasteiger partial charge in [0.1, 0.15) is 6.04 Å². The predicted molar refractivity (Wildman–Crippen MR) is 44.9 cm³/mol. The number of hydrogen-bond acceptors (Lipinski definition) is 5. The molecule has 1 fully saturated rings. The second-order valence-corrected chi connectivity index (χ2v) is 3.81. The average Bonchev–Trinajstić information content (AvgIpc) is 2.72. The maximum absolute atomic E-state index is 8.76. The molecule has 0 bridgehead atoms. The highest BCUT2D eigenvalue weighted by molar-refractivity contribution is 5.14. The Morgan fingerprint density at radius 3 is 2.92 bits per heavy atom. The minimum atomic E-state index is -0.552. The summed E-state index contributed by atoms with van der Waals surface area (Å²) < 4.78 is 4.94. The fraction of sp³-hybridized carbons (Fsp3) is 0.750. The Morgan fingerprint density at radius 2 is 2.38 bits per heavy atom. The lowest BCUT2D eigenvalue weighted by atomic mass is 10.1. The van der Waals surface area contributed by atoms with Crippen molar-refractivity contribution in [1.29, 1.82) is 0 Å². The van der Waals surface area contributed by atoms with Crippen molar-refractivity contribution in [1.82, 2.24) is 10.1 Å². The van der Waals surface area contributed by atoms with Crippen LogP contribution in [0.5, 0.6) is 0 Å².